The van der Waals surface area contributed by atoms with Gasteiger partial charge in [-0.1, -0.05) is 22.0 Å². The van der Waals surface area contributed by atoms with Crippen molar-refractivity contribution in [3.63, 3.8) is 0 Å². The first-order valence-electron chi connectivity index (χ1n) is 6.13. The topological polar surface area (TPSA) is 43.8 Å². The van der Waals surface area contributed by atoms with E-state index in [2.05, 4.69) is 51.5 Å². The van der Waals surface area contributed by atoms with Gasteiger partial charge in [-0.25, -0.2) is 4.98 Å². The summed E-state index contributed by atoms with van der Waals surface area (Å²) in [5, 5.41) is 0. The van der Waals surface area contributed by atoms with Crippen LogP contribution in [0.5, 0.6) is 0 Å². The van der Waals surface area contributed by atoms with Gasteiger partial charge in [-0.15, -0.1) is 0 Å². The van der Waals surface area contributed by atoms with Crippen LogP contribution in [0.2, 0.25) is 0 Å². The number of hydrogen-bond donors (Lipinski definition) is 1. The Kier molecular flexibility index (Phi) is 4.19. The van der Waals surface area contributed by atoms with Crippen molar-refractivity contribution in [2.75, 3.05) is 0 Å². The van der Waals surface area contributed by atoms with Crippen LogP contribution in [0.3, 0.4) is 0 Å². The summed E-state index contributed by atoms with van der Waals surface area (Å²) >= 11 is 3.49. The Morgan fingerprint density at radius 1 is 1.44 bits per heavy atom. The molecule has 3 nitrogen and oxygen atoms in total. The predicted octanol–water partition coefficient (Wildman–Crippen LogP) is 3.22. The van der Waals surface area contributed by atoms with Crippen molar-refractivity contribution in [2.45, 2.75) is 32.9 Å². The maximum Gasteiger partial charge on any atom is 0.110 e. The molecule has 1 aromatic heterocycles. The number of benzene rings is 1. The molecule has 2 rings (SSSR count). The largest absolute Gasteiger partial charge is 0.335 e. The van der Waals surface area contributed by atoms with E-state index in [1.54, 1.807) is 0 Å². The molecule has 1 heterocycles. The van der Waals surface area contributed by atoms with Gasteiger partial charge in [0, 0.05) is 35.9 Å². The lowest BCUT2D eigenvalue weighted by Crippen LogP contribution is -2.17. The molecule has 18 heavy (non-hydrogen) atoms. The van der Waals surface area contributed by atoms with Gasteiger partial charge < -0.3 is 10.3 Å². The number of rotatable bonds is 4. The second kappa shape index (κ2) is 5.67. The maximum atomic E-state index is 6.31. The Bertz CT molecular complexity index is 534. The summed E-state index contributed by atoms with van der Waals surface area (Å²) in [6.45, 7) is 5.13. The normalized spacial score (nSPS) is 12.7. The Balaban J connectivity index is 2.21. The van der Waals surface area contributed by atoms with Crippen LogP contribution in [0, 0.1) is 6.92 Å². The van der Waals surface area contributed by atoms with Crippen molar-refractivity contribution in [3.05, 3.63) is 52.0 Å². The number of nitrogens with two attached hydrogens (primary N) is 1. The molecule has 1 unspecified atom stereocenters. The van der Waals surface area contributed by atoms with Crippen molar-refractivity contribution >= 4 is 15.9 Å². The lowest BCUT2D eigenvalue weighted by Gasteiger charge is -2.15. The summed E-state index contributed by atoms with van der Waals surface area (Å²) in [5.41, 5.74) is 8.70. The van der Waals surface area contributed by atoms with Crippen LogP contribution >= 0.6 is 15.9 Å². The fraction of sp³-hybridized carbons (Fsp3) is 0.357. The maximum absolute atomic E-state index is 6.31. The summed E-state index contributed by atoms with van der Waals surface area (Å²) in [6, 6.07) is 6.21. The third-order valence-electron chi connectivity index (χ3n) is 3.19. The van der Waals surface area contributed by atoms with E-state index < -0.39 is 0 Å². The van der Waals surface area contributed by atoms with Crippen LogP contribution in [-0.2, 0) is 13.0 Å². The van der Waals surface area contributed by atoms with Gasteiger partial charge in [-0.2, -0.15) is 0 Å². The average Bonchev–Trinajstić information content (AvgIpc) is 2.79. The monoisotopic (exact) mass is 307 g/mol. The van der Waals surface area contributed by atoms with Gasteiger partial charge in [-0.3, -0.25) is 0 Å². The first-order chi connectivity index (χ1) is 8.61. The molecule has 4 heteroatoms. The quantitative estimate of drug-likeness (QED) is 0.942. The zero-order chi connectivity index (χ0) is 13.1. The number of aromatic nitrogens is 2. The molecular formula is C14H18BrN3. The van der Waals surface area contributed by atoms with Crippen molar-refractivity contribution < 1.29 is 0 Å². The first kappa shape index (κ1) is 13.3. The summed E-state index contributed by atoms with van der Waals surface area (Å²) in [7, 11) is 0. The van der Waals surface area contributed by atoms with E-state index in [0.717, 1.165) is 23.3 Å². The molecule has 0 bridgehead atoms. The number of aryl methyl sites for hydroxylation is 2. The Morgan fingerprint density at radius 2 is 2.22 bits per heavy atom. The van der Waals surface area contributed by atoms with Crippen LogP contribution in [0.15, 0.2) is 35.1 Å². The van der Waals surface area contributed by atoms with Crippen LogP contribution < -0.4 is 5.73 Å². The second-order valence-electron chi connectivity index (χ2n) is 4.44. The van der Waals surface area contributed by atoms with Crippen LogP contribution in [0.25, 0.3) is 0 Å². The third-order valence-corrected chi connectivity index (χ3v) is 3.68. The SMILES string of the molecule is CCn1ccnc1CC(N)c1cc(Br)ccc1C. The molecule has 0 fully saturated rings. The van der Waals surface area contributed by atoms with E-state index in [-0.39, 0.29) is 6.04 Å². The van der Waals surface area contributed by atoms with E-state index >= 15 is 0 Å². The van der Waals surface area contributed by atoms with Crippen molar-refractivity contribution in [2.24, 2.45) is 5.73 Å². The summed E-state index contributed by atoms with van der Waals surface area (Å²) < 4.78 is 3.20. The molecule has 0 radical (unpaired) electrons. The summed E-state index contributed by atoms with van der Waals surface area (Å²) in [5.74, 6) is 1.05. The van der Waals surface area contributed by atoms with Crippen molar-refractivity contribution in [1.82, 2.24) is 9.55 Å². The van der Waals surface area contributed by atoms with Crippen molar-refractivity contribution in [1.29, 1.82) is 0 Å². The molecule has 1 atom stereocenters. The van der Waals surface area contributed by atoms with Gasteiger partial charge in [0.1, 0.15) is 5.82 Å². The molecule has 0 aliphatic rings. The minimum atomic E-state index is -0.0183. The molecule has 0 saturated heterocycles. The van der Waals surface area contributed by atoms with E-state index in [9.17, 15) is 0 Å². The van der Waals surface area contributed by atoms with E-state index in [0.29, 0.717) is 0 Å². The first-order valence-corrected chi connectivity index (χ1v) is 6.92. The van der Waals surface area contributed by atoms with Gasteiger partial charge in [0.15, 0.2) is 0 Å². The smallest absolute Gasteiger partial charge is 0.110 e. The third kappa shape index (κ3) is 2.82. The van der Waals surface area contributed by atoms with Crippen LogP contribution in [0.1, 0.15) is 29.9 Å². The van der Waals surface area contributed by atoms with Crippen LogP contribution in [-0.4, -0.2) is 9.55 Å². The number of halogens is 1. The van der Waals surface area contributed by atoms with Gasteiger partial charge >= 0.3 is 0 Å². The molecule has 0 saturated carbocycles. The molecule has 0 amide bonds. The predicted molar refractivity (Wildman–Crippen MR) is 77.4 cm³/mol. The summed E-state index contributed by atoms with van der Waals surface area (Å²) in [4.78, 5) is 4.38. The zero-order valence-electron chi connectivity index (χ0n) is 10.7. The molecular weight excluding hydrogens is 290 g/mol. The lowest BCUT2D eigenvalue weighted by molar-refractivity contribution is 0.626. The minimum absolute atomic E-state index is 0.0183. The molecule has 0 spiro atoms. The molecule has 2 N–H and O–H groups in total. The minimum Gasteiger partial charge on any atom is -0.335 e. The Hall–Kier alpha value is -1.13. The van der Waals surface area contributed by atoms with E-state index in [4.69, 9.17) is 5.73 Å². The zero-order valence-corrected chi connectivity index (χ0v) is 12.3. The van der Waals surface area contributed by atoms with Gasteiger partial charge in [-0.05, 0) is 37.1 Å². The summed E-state index contributed by atoms with van der Waals surface area (Å²) in [6.07, 6.45) is 4.59. The van der Waals surface area contributed by atoms with Gasteiger partial charge in [0.25, 0.3) is 0 Å². The van der Waals surface area contributed by atoms with E-state index in [1.807, 2.05) is 18.5 Å². The highest BCUT2D eigenvalue weighted by molar-refractivity contribution is 9.10. The highest BCUT2D eigenvalue weighted by Crippen LogP contribution is 2.23. The van der Waals surface area contributed by atoms with E-state index in [1.165, 1.54) is 11.1 Å². The van der Waals surface area contributed by atoms with Gasteiger partial charge in [0.2, 0.25) is 0 Å². The molecule has 0 aliphatic heterocycles. The van der Waals surface area contributed by atoms with Gasteiger partial charge in [0.05, 0.1) is 0 Å². The Labute approximate surface area is 116 Å². The number of nitrogens with zero attached hydrogens (tertiary/aromatic N) is 2. The highest BCUT2D eigenvalue weighted by atomic mass is 79.9. The number of imidazole rings is 1. The lowest BCUT2D eigenvalue weighted by atomic mass is 9.99. The standard InChI is InChI=1S/C14H18BrN3/c1-3-18-7-6-17-14(18)9-13(16)12-8-11(15)5-4-10(12)2/h4-8,13H,3,9,16H2,1-2H3. The Morgan fingerprint density at radius 3 is 2.94 bits per heavy atom. The highest BCUT2D eigenvalue weighted by Gasteiger charge is 2.13. The second-order valence-corrected chi connectivity index (χ2v) is 5.36. The molecule has 1 aromatic carbocycles. The fourth-order valence-corrected chi connectivity index (χ4v) is 2.51. The molecule has 2 aromatic rings. The van der Waals surface area contributed by atoms with Crippen molar-refractivity contribution in [3.8, 4) is 0 Å². The molecule has 96 valence electrons. The average molecular weight is 308 g/mol. The van der Waals surface area contributed by atoms with Crippen LogP contribution in [0.4, 0.5) is 0 Å². The fourth-order valence-electron chi connectivity index (χ4n) is 2.14. The number of hydrogen-bond acceptors (Lipinski definition) is 2. The molecule has 0 aliphatic carbocycles.